The van der Waals surface area contributed by atoms with E-state index >= 15 is 0 Å². The minimum Gasteiger partial charge on any atom is -0.361 e. The predicted octanol–water partition coefficient (Wildman–Crippen LogP) is 4.09. The van der Waals surface area contributed by atoms with Crippen molar-refractivity contribution in [2.24, 2.45) is 0 Å². The second kappa shape index (κ2) is 5.36. The molecule has 0 saturated heterocycles. The van der Waals surface area contributed by atoms with Crippen molar-refractivity contribution < 1.29 is 4.39 Å². The first-order chi connectivity index (χ1) is 9.31. The Morgan fingerprint density at radius 2 is 2.00 bits per heavy atom. The molecule has 0 atom stereocenters. The molecule has 2 aromatic carbocycles. The minimum absolute atomic E-state index is 0.183. The van der Waals surface area contributed by atoms with E-state index in [1.165, 1.54) is 10.8 Å². The molecule has 0 saturated carbocycles. The summed E-state index contributed by atoms with van der Waals surface area (Å²) in [5.41, 5.74) is 2.01. The molecule has 1 aromatic heterocycles. The van der Waals surface area contributed by atoms with Crippen LogP contribution in [0.15, 0.2) is 48.5 Å². The summed E-state index contributed by atoms with van der Waals surface area (Å²) in [6.07, 6.45) is 0.785. The van der Waals surface area contributed by atoms with Gasteiger partial charge in [-0.1, -0.05) is 35.6 Å². The van der Waals surface area contributed by atoms with Gasteiger partial charge >= 0.3 is 0 Å². The van der Waals surface area contributed by atoms with Gasteiger partial charge in [-0.2, -0.15) is 0 Å². The zero-order chi connectivity index (χ0) is 13.1. The fourth-order valence-corrected chi connectivity index (χ4v) is 2.85. The standard InChI is InChI=1S/C15H13FN2S/c16-12-5-3-4-11(10-12)8-9-17-15-18-13-6-1-2-7-14(13)19-15/h1-7,10H,8-9H2,(H,17,18). The molecule has 0 radical (unpaired) electrons. The van der Waals surface area contributed by atoms with Crippen molar-refractivity contribution >= 4 is 26.7 Å². The maximum atomic E-state index is 13.0. The predicted molar refractivity (Wildman–Crippen MR) is 78.2 cm³/mol. The summed E-state index contributed by atoms with van der Waals surface area (Å²) >= 11 is 1.64. The Bertz CT molecular complexity index is 660. The summed E-state index contributed by atoms with van der Waals surface area (Å²) in [7, 11) is 0. The number of nitrogens with one attached hydrogen (secondary N) is 1. The first kappa shape index (κ1) is 12.1. The van der Waals surface area contributed by atoms with Crippen LogP contribution in [0.2, 0.25) is 0 Å². The maximum absolute atomic E-state index is 13.0. The van der Waals surface area contributed by atoms with Crippen LogP contribution in [0.4, 0.5) is 9.52 Å². The number of benzene rings is 2. The molecule has 0 aliphatic carbocycles. The SMILES string of the molecule is Fc1cccc(CCNc2nc3ccccc3s2)c1. The Hall–Kier alpha value is -1.94. The van der Waals surface area contributed by atoms with Gasteiger partial charge in [0, 0.05) is 6.54 Å². The van der Waals surface area contributed by atoms with Crippen molar-refractivity contribution in [1.29, 1.82) is 0 Å². The number of rotatable bonds is 4. The van der Waals surface area contributed by atoms with Gasteiger partial charge in [0.2, 0.25) is 0 Å². The number of para-hydroxylation sites is 1. The third-order valence-electron chi connectivity index (χ3n) is 2.87. The number of nitrogens with zero attached hydrogens (tertiary/aromatic N) is 1. The van der Waals surface area contributed by atoms with Crippen LogP contribution in [0.25, 0.3) is 10.2 Å². The average Bonchev–Trinajstić information content (AvgIpc) is 2.81. The number of halogens is 1. The fraction of sp³-hybridized carbons (Fsp3) is 0.133. The second-order valence-electron chi connectivity index (χ2n) is 4.29. The number of thiazole rings is 1. The molecule has 96 valence electrons. The number of hydrogen-bond acceptors (Lipinski definition) is 3. The maximum Gasteiger partial charge on any atom is 0.183 e. The van der Waals surface area contributed by atoms with Crippen LogP contribution in [-0.4, -0.2) is 11.5 Å². The molecule has 0 aliphatic heterocycles. The van der Waals surface area contributed by atoms with Gasteiger partial charge in [0.1, 0.15) is 5.82 Å². The van der Waals surface area contributed by atoms with Gasteiger partial charge in [-0.3, -0.25) is 0 Å². The highest BCUT2D eigenvalue weighted by Crippen LogP contribution is 2.25. The van der Waals surface area contributed by atoms with E-state index < -0.39 is 0 Å². The number of aromatic nitrogens is 1. The van der Waals surface area contributed by atoms with Crippen LogP contribution in [0, 0.1) is 5.82 Å². The van der Waals surface area contributed by atoms with Gasteiger partial charge in [0.15, 0.2) is 5.13 Å². The summed E-state index contributed by atoms with van der Waals surface area (Å²) in [5.74, 6) is -0.183. The zero-order valence-electron chi connectivity index (χ0n) is 10.3. The molecule has 0 amide bonds. The number of anilines is 1. The minimum atomic E-state index is -0.183. The molecule has 4 heteroatoms. The molecule has 0 aliphatic rings. The van der Waals surface area contributed by atoms with Gasteiger partial charge < -0.3 is 5.32 Å². The lowest BCUT2D eigenvalue weighted by Crippen LogP contribution is -2.04. The normalized spacial score (nSPS) is 10.8. The van der Waals surface area contributed by atoms with Gasteiger partial charge in [-0.05, 0) is 36.2 Å². The number of fused-ring (bicyclic) bond motifs is 1. The van der Waals surface area contributed by atoms with Crippen molar-refractivity contribution in [2.75, 3.05) is 11.9 Å². The zero-order valence-corrected chi connectivity index (χ0v) is 11.1. The van der Waals surface area contributed by atoms with E-state index in [1.54, 1.807) is 23.5 Å². The third kappa shape index (κ3) is 2.90. The Kier molecular flexibility index (Phi) is 3.42. The van der Waals surface area contributed by atoms with E-state index in [2.05, 4.69) is 16.4 Å². The quantitative estimate of drug-likeness (QED) is 0.773. The Labute approximate surface area is 114 Å². The van der Waals surface area contributed by atoms with Crippen molar-refractivity contribution in [3.63, 3.8) is 0 Å². The summed E-state index contributed by atoms with van der Waals surface area (Å²) in [4.78, 5) is 4.49. The Balaban J connectivity index is 1.63. The molecule has 0 spiro atoms. The lowest BCUT2D eigenvalue weighted by atomic mass is 10.1. The first-order valence-corrected chi connectivity index (χ1v) is 6.97. The summed E-state index contributed by atoms with van der Waals surface area (Å²) in [5, 5.41) is 4.20. The van der Waals surface area contributed by atoms with E-state index in [0.717, 1.165) is 29.2 Å². The molecular formula is C15H13FN2S. The molecule has 3 aromatic rings. The van der Waals surface area contributed by atoms with Crippen LogP contribution in [0.1, 0.15) is 5.56 Å². The molecule has 0 fully saturated rings. The highest BCUT2D eigenvalue weighted by molar-refractivity contribution is 7.22. The highest BCUT2D eigenvalue weighted by Gasteiger charge is 2.02. The molecule has 3 rings (SSSR count). The third-order valence-corrected chi connectivity index (χ3v) is 3.87. The van der Waals surface area contributed by atoms with E-state index in [1.807, 2.05) is 24.3 Å². The van der Waals surface area contributed by atoms with E-state index in [4.69, 9.17) is 0 Å². The molecule has 2 nitrogen and oxygen atoms in total. The van der Waals surface area contributed by atoms with Crippen LogP contribution in [0.3, 0.4) is 0 Å². The Morgan fingerprint density at radius 3 is 2.84 bits per heavy atom. The molecule has 1 N–H and O–H groups in total. The van der Waals surface area contributed by atoms with E-state index in [9.17, 15) is 4.39 Å². The van der Waals surface area contributed by atoms with Crippen molar-refractivity contribution in [2.45, 2.75) is 6.42 Å². The smallest absolute Gasteiger partial charge is 0.183 e. The van der Waals surface area contributed by atoms with Crippen LogP contribution in [0.5, 0.6) is 0 Å². The summed E-state index contributed by atoms with van der Waals surface area (Å²) < 4.78 is 14.2. The monoisotopic (exact) mass is 272 g/mol. The molecule has 0 unspecified atom stereocenters. The van der Waals surface area contributed by atoms with Gasteiger partial charge in [-0.25, -0.2) is 9.37 Å². The topological polar surface area (TPSA) is 24.9 Å². The van der Waals surface area contributed by atoms with E-state index in [-0.39, 0.29) is 5.82 Å². The lowest BCUT2D eigenvalue weighted by molar-refractivity contribution is 0.625. The second-order valence-corrected chi connectivity index (χ2v) is 5.32. The largest absolute Gasteiger partial charge is 0.361 e. The van der Waals surface area contributed by atoms with Gasteiger partial charge in [-0.15, -0.1) is 0 Å². The first-order valence-electron chi connectivity index (χ1n) is 6.15. The van der Waals surface area contributed by atoms with Crippen molar-refractivity contribution in [3.05, 3.63) is 59.9 Å². The average molecular weight is 272 g/mol. The fourth-order valence-electron chi connectivity index (χ4n) is 1.95. The van der Waals surface area contributed by atoms with Crippen molar-refractivity contribution in [3.8, 4) is 0 Å². The molecule has 19 heavy (non-hydrogen) atoms. The number of hydrogen-bond donors (Lipinski definition) is 1. The van der Waals surface area contributed by atoms with Crippen LogP contribution < -0.4 is 5.32 Å². The van der Waals surface area contributed by atoms with Crippen LogP contribution in [-0.2, 0) is 6.42 Å². The highest BCUT2D eigenvalue weighted by atomic mass is 32.1. The molecule has 1 heterocycles. The van der Waals surface area contributed by atoms with Gasteiger partial charge in [0.25, 0.3) is 0 Å². The molecule has 0 bridgehead atoms. The summed E-state index contributed by atoms with van der Waals surface area (Å²) in [6.45, 7) is 0.753. The van der Waals surface area contributed by atoms with Gasteiger partial charge in [0.05, 0.1) is 10.2 Å². The van der Waals surface area contributed by atoms with Crippen molar-refractivity contribution in [1.82, 2.24) is 4.98 Å². The van der Waals surface area contributed by atoms with E-state index in [0.29, 0.717) is 0 Å². The Morgan fingerprint density at radius 1 is 1.11 bits per heavy atom. The molecular weight excluding hydrogens is 259 g/mol. The lowest BCUT2D eigenvalue weighted by Gasteiger charge is -2.02. The van der Waals surface area contributed by atoms with Crippen LogP contribution >= 0.6 is 11.3 Å². The summed E-state index contributed by atoms with van der Waals surface area (Å²) in [6, 6.07) is 14.8.